The third kappa shape index (κ3) is 1.92. The van der Waals surface area contributed by atoms with Gasteiger partial charge in [-0.3, -0.25) is 0 Å². The number of nitrogens with zero attached hydrogens (tertiary/aromatic N) is 1. The summed E-state index contributed by atoms with van der Waals surface area (Å²) in [6.07, 6.45) is 6.63. The summed E-state index contributed by atoms with van der Waals surface area (Å²) in [4.78, 5) is 4.40. The van der Waals surface area contributed by atoms with Crippen LogP contribution >= 0.6 is 11.3 Å². The summed E-state index contributed by atoms with van der Waals surface area (Å²) in [5.74, 6) is 1.54. The molecular formula is C11H18N2S. The number of nitrogens with two attached hydrogens (primary N) is 1. The van der Waals surface area contributed by atoms with Gasteiger partial charge >= 0.3 is 0 Å². The Morgan fingerprint density at radius 1 is 1.57 bits per heavy atom. The molecule has 1 heterocycles. The van der Waals surface area contributed by atoms with Gasteiger partial charge in [-0.2, -0.15) is 0 Å². The molecule has 0 amide bonds. The van der Waals surface area contributed by atoms with Crippen LogP contribution in [-0.2, 0) is 0 Å². The summed E-state index contributed by atoms with van der Waals surface area (Å²) < 4.78 is 0. The highest BCUT2D eigenvalue weighted by atomic mass is 32.1. The summed E-state index contributed by atoms with van der Waals surface area (Å²) in [7, 11) is 0. The first-order chi connectivity index (χ1) is 6.81. The van der Waals surface area contributed by atoms with E-state index in [4.69, 9.17) is 5.73 Å². The van der Waals surface area contributed by atoms with E-state index in [-0.39, 0.29) is 0 Å². The molecule has 1 aliphatic rings. The predicted molar refractivity (Wildman–Crippen MR) is 61.5 cm³/mol. The number of hydrogen-bond acceptors (Lipinski definition) is 3. The topological polar surface area (TPSA) is 38.9 Å². The van der Waals surface area contributed by atoms with E-state index in [1.54, 1.807) is 11.3 Å². The second-order valence-corrected chi connectivity index (χ2v) is 5.13. The lowest BCUT2D eigenvalue weighted by atomic mass is 9.79. The number of thiazole rings is 1. The fourth-order valence-electron chi connectivity index (χ4n) is 2.48. The van der Waals surface area contributed by atoms with E-state index >= 15 is 0 Å². The van der Waals surface area contributed by atoms with Crippen molar-refractivity contribution in [3.8, 4) is 0 Å². The van der Waals surface area contributed by atoms with Gasteiger partial charge in [-0.15, -0.1) is 11.3 Å². The van der Waals surface area contributed by atoms with Gasteiger partial charge < -0.3 is 5.73 Å². The van der Waals surface area contributed by atoms with Gasteiger partial charge in [0.05, 0.1) is 11.2 Å². The number of hydrogen-bond donors (Lipinski definition) is 1. The Morgan fingerprint density at radius 3 is 3.07 bits per heavy atom. The standard InChI is InChI=1S/C11H18N2S/c1-2-8-4-3-5-9(6-8)10-11(12)14-7-13-10/h7-9H,2-6,12H2,1H3. The van der Waals surface area contributed by atoms with Crippen LogP contribution in [0, 0.1) is 5.92 Å². The van der Waals surface area contributed by atoms with Crippen molar-refractivity contribution in [2.45, 2.75) is 44.9 Å². The molecule has 0 aromatic carbocycles. The van der Waals surface area contributed by atoms with E-state index < -0.39 is 0 Å². The maximum absolute atomic E-state index is 5.91. The van der Waals surface area contributed by atoms with Crippen molar-refractivity contribution in [3.05, 3.63) is 11.2 Å². The summed E-state index contributed by atoms with van der Waals surface area (Å²) in [5, 5.41) is 0.937. The normalized spacial score (nSPS) is 27.8. The average Bonchev–Trinajstić information content (AvgIpc) is 2.65. The molecule has 0 spiro atoms. The van der Waals surface area contributed by atoms with Gasteiger partial charge in [0.15, 0.2) is 0 Å². The Kier molecular flexibility index (Phi) is 3.06. The quantitative estimate of drug-likeness (QED) is 0.812. The lowest BCUT2D eigenvalue weighted by Crippen LogP contribution is -2.14. The molecule has 1 fully saturated rings. The second-order valence-electron chi connectivity index (χ2n) is 4.24. The number of aromatic nitrogens is 1. The van der Waals surface area contributed by atoms with Crippen molar-refractivity contribution < 1.29 is 0 Å². The van der Waals surface area contributed by atoms with Crippen molar-refractivity contribution in [3.63, 3.8) is 0 Å². The van der Waals surface area contributed by atoms with Crippen LogP contribution in [0.4, 0.5) is 5.00 Å². The smallest absolute Gasteiger partial charge is 0.109 e. The van der Waals surface area contributed by atoms with E-state index in [0.717, 1.165) is 10.9 Å². The van der Waals surface area contributed by atoms with E-state index in [9.17, 15) is 0 Å². The molecule has 1 saturated carbocycles. The van der Waals surface area contributed by atoms with E-state index in [2.05, 4.69) is 11.9 Å². The van der Waals surface area contributed by atoms with Crippen molar-refractivity contribution in [2.24, 2.45) is 5.92 Å². The van der Waals surface area contributed by atoms with Gasteiger partial charge in [0, 0.05) is 5.92 Å². The van der Waals surface area contributed by atoms with E-state index in [1.807, 2.05) is 5.51 Å². The van der Waals surface area contributed by atoms with Gasteiger partial charge in [0.25, 0.3) is 0 Å². The van der Waals surface area contributed by atoms with Crippen LogP contribution in [0.1, 0.15) is 50.6 Å². The highest BCUT2D eigenvalue weighted by Gasteiger charge is 2.24. The second kappa shape index (κ2) is 4.30. The minimum Gasteiger partial charge on any atom is -0.389 e. The molecule has 2 rings (SSSR count). The molecule has 0 saturated heterocycles. The third-order valence-electron chi connectivity index (χ3n) is 3.37. The van der Waals surface area contributed by atoms with Gasteiger partial charge in [-0.1, -0.05) is 26.2 Å². The molecule has 1 aromatic rings. The fraction of sp³-hybridized carbons (Fsp3) is 0.727. The Bertz CT molecular complexity index is 295. The Hall–Kier alpha value is -0.570. The molecule has 3 heteroatoms. The molecule has 1 aliphatic carbocycles. The average molecular weight is 210 g/mol. The minimum atomic E-state index is 0.639. The van der Waals surface area contributed by atoms with Crippen LogP contribution in [-0.4, -0.2) is 4.98 Å². The Morgan fingerprint density at radius 2 is 2.43 bits per heavy atom. The predicted octanol–water partition coefficient (Wildman–Crippen LogP) is 3.41. The summed E-state index contributed by atoms with van der Waals surface area (Å²) >= 11 is 1.57. The summed E-state index contributed by atoms with van der Waals surface area (Å²) in [5.41, 5.74) is 8.96. The Balaban J connectivity index is 2.08. The highest BCUT2D eigenvalue weighted by molar-refractivity contribution is 7.13. The highest BCUT2D eigenvalue weighted by Crippen LogP contribution is 2.39. The molecule has 1 aromatic heterocycles. The Labute approximate surface area is 89.5 Å². The largest absolute Gasteiger partial charge is 0.389 e. The lowest BCUT2D eigenvalue weighted by molar-refractivity contribution is 0.312. The van der Waals surface area contributed by atoms with Crippen LogP contribution in [0.15, 0.2) is 5.51 Å². The molecule has 78 valence electrons. The third-order valence-corrected chi connectivity index (χ3v) is 4.04. The van der Waals surface area contributed by atoms with E-state index in [1.165, 1.54) is 37.8 Å². The van der Waals surface area contributed by atoms with Crippen LogP contribution in [0.2, 0.25) is 0 Å². The molecule has 2 nitrogen and oxygen atoms in total. The van der Waals surface area contributed by atoms with Gasteiger partial charge in [0.1, 0.15) is 5.00 Å². The van der Waals surface area contributed by atoms with Crippen molar-refractivity contribution in [2.75, 3.05) is 5.73 Å². The van der Waals surface area contributed by atoms with Gasteiger partial charge in [-0.05, 0) is 18.8 Å². The first-order valence-corrected chi connectivity index (χ1v) is 6.38. The van der Waals surface area contributed by atoms with Crippen molar-refractivity contribution in [1.82, 2.24) is 4.98 Å². The first-order valence-electron chi connectivity index (χ1n) is 5.50. The minimum absolute atomic E-state index is 0.639. The van der Waals surface area contributed by atoms with E-state index in [0.29, 0.717) is 5.92 Å². The maximum atomic E-state index is 5.91. The SMILES string of the molecule is CCC1CCCC(c2ncsc2N)C1. The monoisotopic (exact) mass is 210 g/mol. The van der Waals surface area contributed by atoms with Gasteiger partial charge in [0.2, 0.25) is 0 Å². The zero-order chi connectivity index (χ0) is 9.97. The molecule has 0 aliphatic heterocycles. The molecule has 2 N–H and O–H groups in total. The molecule has 2 unspecified atom stereocenters. The molecule has 0 bridgehead atoms. The van der Waals surface area contributed by atoms with Gasteiger partial charge in [-0.25, -0.2) is 4.98 Å². The molecule has 14 heavy (non-hydrogen) atoms. The van der Waals surface area contributed by atoms with Crippen LogP contribution in [0.25, 0.3) is 0 Å². The molecule has 0 radical (unpaired) electrons. The van der Waals surface area contributed by atoms with Crippen LogP contribution < -0.4 is 5.73 Å². The molecule has 2 atom stereocenters. The zero-order valence-electron chi connectivity index (χ0n) is 8.70. The van der Waals surface area contributed by atoms with Crippen molar-refractivity contribution >= 4 is 16.3 Å². The molecular weight excluding hydrogens is 192 g/mol. The van der Waals surface area contributed by atoms with Crippen molar-refractivity contribution in [1.29, 1.82) is 0 Å². The maximum Gasteiger partial charge on any atom is 0.109 e. The summed E-state index contributed by atoms with van der Waals surface area (Å²) in [6, 6.07) is 0. The van der Waals surface area contributed by atoms with Crippen LogP contribution in [0.5, 0.6) is 0 Å². The number of anilines is 1. The number of nitrogen functional groups attached to an aromatic ring is 1. The zero-order valence-corrected chi connectivity index (χ0v) is 9.52. The fourth-order valence-corrected chi connectivity index (χ4v) is 3.10. The number of rotatable bonds is 2. The van der Waals surface area contributed by atoms with Crippen LogP contribution in [0.3, 0.4) is 0 Å². The summed E-state index contributed by atoms with van der Waals surface area (Å²) in [6.45, 7) is 2.29. The lowest BCUT2D eigenvalue weighted by Gasteiger charge is -2.27. The first kappa shape index (κ1) is 9.97.